The van der Waals surface area contributed by atoms with Crippen LogP contribution in [0.2, 0.25) is 0 Å². The lowest BCUT2D eigenvalue weighted by atomic mass is 10.0. The molecule has 2 atom stereocenters. The monoisotopic (exact) mass is 290 g/mol. The molecule has 1 aromatic carbocycles. The van der Waals surface area contributed by atoms with Gasteiger partial charge in [-0.2, -0.15) is 11.8 Å². The van der Waals surface area contributed by atoms with Crippen LogP contribution in [0, 0.1) is 6.92 Å². The number of carbonyl (C=O) groups is 1. The van der Waals surface area contributed by atoms with Crippen molar-refractivity contribution in [1.82, 2.24) is 10.6 Å². The van der Waals surface area contributed by atoms with Crippen molar-refractivity contribution in [3.8, 4) is 0 Å². The first-order chi connectivity index (χ1) is 9.74. The van der Waals surface area contributed by atoms with Gasteiger partial charge in [-0.3, -0.25) is 4.79 Å². The minimum atomic E-state index is 0.185. The maximum absolute atomic E-state index is 12.2. The van der Waals surface area contributed by atoms with E-state index in [1.807, 2.05) is 11.8 Å². The van der Waals surface area contributed by atoms with E-state index in [2.05, 4.69) is 35.8 Å². The molecule has 1 saturated heterocycles. The predicted octanol–water partition coefficient (Wildman–Crippen LogP) is 2.19. The zero-order valence-electron chi connectivity index (χ0n) is 11.9. The molecule has 0 bridgehead atoms. The van der Waals surface area contributed by atoms with Crippen LogP contribution in [0.1, 0.15) is 35.6 Å². The number of rotatable bonds is 3. The number of amides is 1. The average molecular weight is 290 g/mol. The smallest absolute Gasteiger partial charge is 0.222 e. The van der Waals surface area contributed by atoms with Gasteiger partial charge in [0.05, 0.1) is 6.04 Å². The number of hydrogen-bond acceptors (Lipinski definition) is 3. The van der Waals surface area contributed by atoms with E-state index in [4.69, 9.17) is 0 Å². The van der Waals surface area contributed by atoms with Crippen molar-refractivity contribution >= 4 is 17.7 Å². The number of nitrogens with one attached hydrogen (secondary N) is 2. The van der Waals surface area contributed by atoms with Gasteiger partial charge in [0.1, 0.15) is 0 Å². The molecule has 2 N–H and O–H groups in total. The van der Waals surface area contributed by atoms with Gasteiger partial charge in [0.25, 0.3) is 0 Å². The van der Waals surface area contributed by atoms with Crippen molar-refractivity contribution in [2.24, 2.45) is 0 Å². The van der Waals surface area contributed by atoms with Gasteiger partial charge in [0.15, 0.2) is 0 Å². The van der Waals surface area contributed by atoms with Gasteiger partial charge < -0.3 is 10.6 Å². The molecule has 108 valence electrons. The molecule has 4 heteroatoms. The number of hydrogen-bond donors (Lipinski definition) is 2. The summed E-state index contributed by atoms with van der Waals surface area (Å²) in [6.45, 7) is 3.18. The average Bonchev–Trinajstić information content (AvgIpc) is 2.84. The Labute approximate surface area is 124 Å². The number of thioether (sulfide) groups is 1. The molecule has 1 amide bonds. The molecule has 1 aromatic rings. The second kappa shape index (κ2) is 6.19. The van der Waals surface area contributed by atoms with Crippen molar-refractivity contribution in [2.45, 2.75) is 38.3 Å². The standard InChI is InChI=1S/C16H22N2OS/c1-11-3-2-4-14-13(11)5-6-15(14)18-16(19)9-12-10-20-8-7-17-12/h2-4,12,15,17H,5-10H2,1H3,(H,18,19). The van der Waals surface area contributed by atoms with E-state index in [1.165, 1.54) is 16.7 Å². The molecule has 1 fully saturated rings. The summed E-state index contributed by atoms with van der Waals surface area (Å²) in [5.74, 6) is 2.39. The fraction of sp³-hybridized carbons (Fsp3) is 0.562. The summed E-state index contributed by atoms with van der Waals surface area (Å²) in [5, 5.41) is 6.64. The summed E-state index contributed by atoms with van der Waals surface area (Å²) in [5.41, 5.74) is 4.11. The van der Waals surface area contributed by atoms with Crippen molar-refractivity contribution in [3.05, 3.63) is 34.9 Å². The summed E-state index contributed by atoms with van der Waals surface area (Å²) in [6.07, 6.45) is 2.73. The Balaban J connectivity index is 1.59. The zero-order chi connectivity index (χ0) is 13.9. The quantitative estimate of drug-likeness (QED) is 0.896. The molecule has 3 nitrogen and oxygen atoms in total. The van der Waals surface area contributed by atoms with Crippen LogP contribution in [0.4, 0.5) is 0 Å². The number of carbonyl (C=O) groups excluding carboxylic acids is 1. The van der Waals surface area contributed by atoms with E-state index in [0.717, 1.165) is 30.9 Å². The molecule has 1 heterocycles. The summed E-state index contributed by atoms with van der Waals surface area (Å²) in [6, 6.07) is 6.97. The van der Waals surface area contributed by atoms with E-state index < -0.39 is 0 Å². The summed E-state index contributed by atoms with van der Waals surface area (Å²) < 4.78 is 0. The maximum atomic E-state index is 12.2. The SMILES string of the molecule is Cc1cccc2c1CCC2NC(=O)CC1CSCCN1. The summed E-state index contributed by atoms with van der Waals surface area (Å²) >= 11 is 1.94. The van der Waals surface area contributed by atoms with Gasteiger partial charge in [-0.1, -0.05) is 18.2 Å². The minimum Gasteiger partial charge on any atom is -0.349 e. The third-order valence-corrected chi connectivity index (χ3v) is 5.40. The Morgan fingerprint density at radius 3 is 3.20 bits per heavy atom. The molecule has 0 spiro atoms. The molecular weight excluding hydrogens is 268 g/mol. The van der Waals surface area contributed by atoms with Crippen LogP contribution in [-0.4, -0.2) is 30.0 Å². The first kappa shape index (κ1) is 14.0. The van der Waals surface area contributed by atoms with Crippen molar-refractivity contribution in [3.63, 3.8) is 0 Å². The Bertz CT molecular complexity index is 497. The molecule has 1 aliphatic carbocycles. The molecular formula is C16H22N2OS. The number of fused-ring (bicyclic) bond motifs is 1. The molecule has 0 radical (unpaired) electrons. The van der Waals surface area contributed by atoms with Crippen LogP contribution in [0.25, 0.3) is 0 Å². The molecule has 2 unspecified atom stereocenters. The lowest BCUT2D eigenvalue weighted by Gasteiger charge is -2.23. The molecule has 3 rings (SSSR count). The number of aryl methyl sites for hydroxylation is 1. The summed E-state index contributed by atoms with van der Waals surface area (Å²) in [7, 11) is 0. The van der Waals surface area contributed by atoms with Crippen LogP contribution in [-0.2, 0) is 11.2 Å². The lowest BCUT2D eigenvalue weighted by molar-refractivity contribution is -0.122. The normalized spacial score (nSPS) is 25.2. The van der Waals surface area contributed by atoms with Gasteiger partial charge in [-0.25, -0.2) is 0 Å². The zero-order valence-corrected chi connectivity index (χ0v) is 12.8. The molecule has 1 aliphatic heterocycles. The third kappa shape index (κ3) is 3.01. The van der Waals surface area contributed by atoms with Crippen LogP contribution in [0.5, 0.6) is 0 Å². The largest absolute Gasteiger partial charge is 0.349 e. The highest BCUT2D eigenvalue weighted by atomic mass is 32.2. The highest BCUT2D eigenvalue weighted by molar-refractivity contribution is 7.99. The Hall–Kier alpha value is -1.000. The van der Waals surface area contributed by atoms with Gasteiger partial charge in [0, 0.05) is 30.5 Å². The lowest BCUT2D eigenvalue weighted by Crippen LogP contribution is -2.41. The molecule has 0 saturated carbocycles. The fourth-order valence-electron chi connectivity index (χ4n) is 3.21. The van der Waals surface area contributed by atoms with Crippen molar-refractivity contribution in [1.29, 1.82) is 0 Å². The predicted molar refractivity (Wildman–Crippen MR) is 84.1 cm³/mol. The van der Waals surface area contributed by atoms with E-state index >= 15 is 0 Å². The van der Waals surface area contributed by atoms with Crippen LogP contribution in [0.3, 0.4) is 0 Å². The van der Waals surface area contributed by atoms with E-state index in [9.17, 15) is 4.79 Å². The molecule has 20 heavy (non-hydrogen) atoms. The van der Waals surface area contributed by atoms with Gasteiger partial charge in [-0.15, -0.1) is 0 Å². The highest BCUT2D eigenvalue weighted by Crippen LogP contribution is 2.33. The summed E-state index contributed by atoms with van der Waals surface area (Å²) in [4.78, 5) is 12.2. The molecule has 2 aliphatic rings. The van der Waals surface area contributed by atoms with E-state index in [1.54, 1.807) is 0 Å². The van der Waals surface area contributed by atoms with Crippen LogP contribution >= 0.6 is 11.8 Å². The third-order valence-electron chi connectivity index (χ3n) is 4.27. The van der Waals surface area contributed by atoms with E-state index in [0.29, 0.717) is 12.5 Å². The van der Waals surface area contributed by atoms with Gasteiger partial charge in [0.2, 0.25) is 5.91 Å². The first-order valence-corrected chi connectivity index (χ1v) is 8.58. The van der Waals surface area contributed by atoms with Gasteiger partial charge >= 0.3 is 0 Å². The second-order valence-electron chi connectivity index (χ2n) is 5.73. The van der Waals surface area contributed by atoms with Crippen molar-refractivity contribution in [2.75, 3.05) is 18.1 Å². The Kier molecular flexibility index (Phi) is 4.32. The number of benzene rings is 1. The maximum Gasteiger partial charge on any atom is 0.222 e. The van der Waals surface area contributed by atoms with Gasteiger partial charge in [-0.05, 0) is 36.5 Å². The van der Waals surface area contributed by atoms with E-state index in [-0.39, 0.29) is 11.9 Å². The Morgan fingerprint density at radius 2 is 2.40 bits per heavy atom. The topological polar surface area (TPSA) is 41.1 Å². The van der Waals surface area contributed by atoms with Crippen LogP contribution < -0.4 is 10.6 Å². The second-order valence-corrected chi connectivity index (χ2v) is 6.88. The Morgan fingerprint density at radius 1 is 1.50 bits per heavy atom. The first-order valence-electron chi connectivity index (χ1n) is 7.43. The van der Waals surface area contributed by atoms with Crippen LogP contribution in [0.15, 0.2) is 18.2 Å². The van der Waals surface area contributed by atoms with Crippen molar-refractivity contribution < 1.29 is 4.79 Å². The minimum absolute atomic E-state index is 0.185. The molecule has 0 aromatic heterocycles. The highest BCUT2D eigenvalue weighted by Gasteiger charge is 2.26. The fourth-order valence-corrected chi connectivity index (χ4v) is 4.16.